The standard InChI is InChI=1S/C5H5.C4H10N.2CH3.2ClH.H3Si.Zr/c1-2-4-5-3-1;1-4(2,3)5;;;;;;/h1-3H,4H2;5H,1-3H3;2*1H3;2*1H;1H3;/q4*-1;;;;+4. The second-order valence-electron chi connectivity index (χ2n) is 3.25. The fraction of sp³-hybridized carbons (Fsp3) is 0.455. The van der Waals surface area contributed by atoms with Crippen LogP contribution in [0.2, 0.25) is 0 Å². The van der Waals surface area contributed by atoms with E-state index in [9.17, 15) is 0 Å². The summed E-state index contributed by atoms with van der Waals surface area (Å²) in [5, 5.41) is 0. The van der Waals surface area contributed by atoms with Crippen LogP contribution in [0.4, 0.5) is 0 Å². The zero-order valence-corrected chi connectivity index (χ0v) is 17.3. The summed E-state index contributed by atoms with van der Waals surface area (Å²) >= 11 is 0. The van der Waals surface area contributed by atoms with Crippen LogP contribution in [0, 0.1) is 20.9 Å². The molecule has 0 saturated heterocycles. The van der Waals surface area contributed by atoms with E-state index in [1.54, 1.807) is 0 Å². The molecule has 1 rings (SSSR count). The molecule has 0 unspecified atom stereocenters. The van der Waals surface area contributed by atoms with Gasteiger partial charge in [0.1, 0.15) is 0 Å². The zero-order valence-electron chi connectivity index (χ0n) is 11.3. The molecule has 16 heavy (non-hydrogen) atoms. The average molecular weight is 363 g/mol. The van der Waals surface area contributed by atoms with Gasteiger partial charge in [-0.1, -0.05) is 20.8 Å². The number of allylic oxidation sites excluding steroid dienone is 4. The first-order chi connectivity index (χ1) is 4.50. The van der Waals surface area contributed by atoms with Gasteiger partial charge in [0, 0.05) is 0 Å². The Bertz CT molecular complexity index is 129. The Morgan fingerprint density at radius 2 is 1.44 bits per heavy atom. The van der Waals surface area contributed by atoms with Gasteiger partial charge in [-0.15, -0.1) is 36.8 Å². The zero-order chi connectivity index (χ0) is 8.04. The minimum absolute atomic E-state index is 0. The molecule has 0 spiro atoms. The molecule has 0 fully saturated rings. The summed E-state index contributed by atoms with van der Waals surface area (Å²) < 4.78 is 0. The SMILES string of the molecule is CC(C)(C)[NH-].Cl.Cl.[C-]1=CC=CC1.[CH3-].[CH3-].[SiH3].[Zr+4]. The van der Waals surface area contributed by atoms with E-state index in [0.717, 1.165) is 6.42 Å². The van der Waals surface area contributed by atoms with Crippen LogP contribution >= 0.6 is 24.8 Å². The minimum Gasteiger partial charge on any atom is -0.673 e. The minimum atomic E-state index is -0.250. The number of halogens is 2. The van der Waals surface area contributed by atoms with Gasteiger partial charge in [0.05, 0.1) is 0 Å². The summed E-state index contributed by atoms with van der Waals surface area (Å²) in [7, 11) is 0. The van der Waals surface area contributed by atoms with Crippen LogP contribution in [0.1, 0.15) is 27.2 Å². The van der Waals surface area contributed by atoms with Crippen molar-refractivity contribution in [3.8, 4) is 0 Å². The molecule has 0 aromatic heterocycles. The molecule has 1 N–H and O–H groups in total. The Labute approximate surface area is 139 Å². The maximum absolute atomic E-state index is 6.94. The first kappa shape index (κ1) is 43.4. The first-order valence-corrected chi connectivity index (χ1v) is 3.47. The fourth-order valence-corrected chi connectivity index (χ4v) is 0.340. The molecule has 0 aromatic carbocycles. The summed E-state index contributed by atoms with van der Waals surface area (Å²) in [6.45, 7) is 5.56. The number of hydrogen-bond donors (Lipinski definition) is 0. The Kier molecular flexibility index (Phi) is 68.1. The molecule has 1 aliphatic carbocycles. The predicted octanol–water partition coefficient (Wildman–Crippen LogP) is 3.70. The summed E-state index contributed by atoms with van der Waals surface area (Å²) in [4.78, 5) is 0. The molecule has 0 aromatic rings. The molecule has 0 amide bonds. The van der Waals surface area contributed by atoms with E-state index >= 15 is 0 Å². The maximum atomic E-state index is 6.94. The van der Waals surface area contributed by atoms with Crippen LogP contribution in [0.3, 0.4) is 0 Å². The van der Waals surface area contributed by atoms with E-state index in [1.165, 1.54) is 0 Å². The van der Waals surface area contributed by atoms with E-state index in [1.807, 2.05) is 32.9 Å². The van der Waals surface area contributed by atoms with E-state index in [-0.39, 0.29) is 82.4 Å². The molecule has 1 aliphatic rings. The van der Waals surface area contributed by atoms with E-state index < -0.39 is 0 Å². The molecule has 1 nitrogen and oxygen atoms in total. The normalized spacial score (nSPS) is 9.25. The van der Waals surface area contributed by atoms with Crippen molar-refractivity contribution in [2.45, 2.75) is 32.7 Å². The number of rotatable bonds is 0. The third kappa shape index (κ3) is 80.5. The van der Waals surface area contributed by atoms with Crippen LogP contribution in [-0.2, 0) is 26.2 Å². The second-order valence-corrected chi connectivity index (χ2v) is 3.25. The van der Waals surface area contributed by atoms with Crippen molar-refractivity contribution in [2.24, 2.45) is 0 Å². The molecule has 0 heterocycles. The van der Waals surface area contributed by atoms with Gasteiger partial charge in [0.25, 0.3) is 0 Å². The Morgan fingerprint density at radius 3 is 1.50 bits per heavy atom. The van der Waals surface area contributed by atoms with Gasteiger partial charge in [0.2, 0.25) is 0 Å². The molecule has 0 aliphatic heterocycles. The third-order valence-corrected chi connectivity index (χ3v) is 0.586. The molecule has 0 saturated carbocycles. The van der Waals surface area contributed by atoms with E-state index in [2.05, 4.69) is 12.2 Å². The topological polar surface area (TPSA) is 23.8 Å². The fourth-order valence-electron chi connectivity index (χ4n) is 0.340. The molecule has 1 radical (unpaired) electrons. The van der Waals surface area contributed by atoms with E-state index in [0.29, 0.717) is 0 Å². The first-order valence-electron chi connectivity index (χ1n) is 3.47. The Morgan fingerprint density at radius 1 is 1.12 bits per heavy atom. The van der Waals surface area contributed by atoms with E-state index in [4.69, 9.17) is 5.73 Å². The van der Waals surface area contributed by atoms with Gasteiger partial charge < -0.3 is 20.6 Å². The summed E-state index contributed by atoms with van der Waals surface area (Å²) in [5.41, 5.74) is 6.69. The van der Waals surface area contributed by atoms with Gasteiger partial charge in [-0.2, -0.15) is 6.08 Å². The van der Waals surface area contributed by atoms with Crippen molar-refractivity contribution in [1.82, 2.24) is 0 Å². The van der Waals surface area contributed by atoms with Gasteiger partial charge in [0.15, 0.2) is 0 Å². The van der Waals surface area contributed by atoms with Crippen LogP contribution in [0.25, 0.3) is 5.73 Å². The van der Waals surface area contributed by atoms with Crippen molar-refractivity contribution in [1.29, 1.82) is 0 Å². The molecule has 97 valence electrons. The largest absolute Gasteiger partial charge is 4.00 e. The monoisotopic (exact) mass is 360 g/mol. The van der Waals surface area contributed by atoms with Crippen molar-refractivity contribution < 1.29 is 26.2 Å². The van der Waals surface area contributed by atoms with Crippen molar-refractivity contribution in [3.05, 3.63) is 44.9 Å². The predicted molar refractivity (Wildman–Crippen MR) is 82.9 cm³/mol. The van der Waals surface area contributed by atoms with Gasteiger partial charge in [-0.25, -0.2) is 12.2 Å². The van der Waals surface area contributed by atoms with Gasteiger partial charge in [-0.3, -0.25) is 6.08 Å². The third-order valence-electron chi connectivity index (χ3n) is 0.586. The van der Waals surface area contributed by atoms with Crippen LogP contribution in [0.5, 0.6) is 0 Å². The van der Waals surface area contributed by atoms with Crippen LogP contribution in [0.15, 0.2) is 18.2 Å². The number of hydrogen-bond acceptors (Lipinski definition) is 0. The second kappa shape index (κ2) is 25.1. The molecule has 0 atom stereocenters. The van der Waals surface area contributed by atoms with Crippen LogP contribution in [-0.4, -0.2) is 16.5 Å². The molecular weight excluding hydrogens is 336 g/mol. The Balaban J connectivity index is -0.0000000147. The van der Waals surface area contributed by atoms with Crippen molar-refractivity contribution in [3.63, 3.8) is 0 Å². The Hall–Kier alpha value is 1.12. The van der Waals surface area contributed by atoms with Crippen LogP contribution < -0.4 is 0 Å². The summed E-state index contributed by atoms with van der Waals surface area (Å²) in [5.74, 6) is 0. The number of nitrogens with one attached hydrogen (secondary N) is 1. The quantitative estimate of drug-likeness (QED) is 0.463. The summed E-state index contributed by atoms with van der Waals surface area (Å²) in [6, 6.07) is 0. The van der Waals surface area contributed by atoms with Gasteiger partial charge in [-0.05, 0) is 11.0 Å². The van der Waals surface area contributed by atoms with Crippen molar-refractivity contribution >= 4 is 35.8 Å². The average Bonchev–Trinajstić information content (AvgIpc) is 2.07. The van der Waals surface area contributed by atoms with Crippen molar-refractivity contribution in [2.75, 3.05) is 0 Å². The summed E-state index contributed by atoms with van der Waals surface area (Å²) in [6.07, 6.45) is 10.0. The molecule has 5 heteroatoms. The molecular formula is C11H26Cl2NSiZr. The maximum Gasteiger partial charge on any atom is 4.00 e. The molecule has 0 bridgehead atoms. The smallest absolute Gasteiger partial charge is 0.673 e. The van der Waals surface area contributed by atoms with Gasteiger partial charge >= 0.3 is 26.2 Å².